The molecule has 5 rings (SSSR count). The number of carbonyl (C=O) groups is 1. The summed E-state index contributed by atoms with van der Waals surface area (Å²) in [6.45, 7) is 0. The van der Waals surface area contributed by atoms with Crippen LogP contribution in [-0.2, 0) is 11.2 Å². The van der Waals surface area contributed by atoms with Gasteiger partial charge < -0.3 is 14.6 Å². The number of aromatic nitrogens is 2. The summed E-state index contributed by atoms with van der Waals surface area (Å²) < 4.78 is 11.1. The molecule has 0 saturated carbocycles. The lowest BCUT2D eigenvalue weighted by molar-refractivity contribution is -0.116. The van der Waals surface area contributed by atoms with Crippen LogP contribution in [0.1, 0.15) is 12.3 Å². The van der Waals surface area contributed by atoms with Crippen LogP contribution in [0.25, 0.3) is 22.5 Å². The summed E-state index contributed by atoms with van der Waals surface area (Å²) in [5, 5.41) is 6.94. The van der Waals surface area contributed by atoms with Crippen molar-refractivity contribution in [2.24, 2.45) is 0 Å². The van der Waals surface area contributed by atoms with E-state index < -0.39 is 0 Å². The Morgan fingerprint density at radius 3 is 2.03 bits per heavy atom. The van der Waals surface area contributed by atoms with Gasteiger partial charge >= 0.3 is 0 Å². The van der Waals surface area contributed by atoms with Crippen LogP contribution in [0.15, 0.2) is 114 Å². The van der Waals surface area contributed by atoms with Gasteiger partial charge in [-0.1, -0.05) is 78.0 Å². The molecule has 0 atom stereocenters. The molecule has 1 heterocycles. The first-order valence-corrected chi connectivity index (χ1v) is 11.3. The Morgan fingerprint density at radius 1 is 0.714 bits per heavy atom. The smallest absolute Gasteiger partial charge is 0.227 e. The fourth-order valence-corrected chi connectivity index (χ4v) is 3.59. The van der Waals surface area contributed by atoms with E-state index in [0.717, 1.165) is 22.4 Å². The molecule has 0 aliphatic heterocycles. The highest BCUT2D eigenvalue weighted by atomic mass is 16.5. The summed E-state index contributed by atoms with van der Waals surface area (Å²) in [7, 11) is 0. The highest BCUT2D eigenvalue weighted by Gasteiger charge is 2.11. The Hall–Kier alpha value is -4.71. The van der Waals surface area contributed by atoms with Crippen molar-refractivity contribution < 1.29 is 14.1 Å². The molecule has 35 heavy (non-hydrogen) atoms. The highest BCUT2D eigenvalue weighted by Crippen LogP contribution is 2.24. The molecule has 6 heteroatoms. The molecule has 0 bridgehead atoms. The highest BCUT2D eigenvalue weighted by molar-refractivity contribution is 5.90. The number of hydrogen-bond donors (Lipinski definition) is 1. The number of benzene rings is 4. The van der Waals surface area contributed by atoms with E-state index in [4.69, 9.17) is 9.26 Å². The van der Waals surface area contributed by atoms with Gasteiger partial charge in [0.05, 0.1) is 0 Å². The maximum absolute atomic E-state index is 12.4. The van der Waals surface area contributed by atoms with Gasteiger partial charge in [-0.2, -0.15) is 4.98 Å². The molecule has 4 aromatic carbocycles. The molecule has 0 unspecified atom stereocenters. The first-order chi connectivity index (χ1) is 17.2. The number of hydrogen-bond acceptors (Lipinski definition) is 5. The molecular weight excluding hydrogens is 438 g/mol. The van der Waals surface area contributed by atoms with Gasteiger partial charge in [0.1, 0.15) is 11.5 Å². The van der Waals surface area contributed by atoms with Crippen LogP contribution < -0.4 is 10.1 Å². The summed E-state index contributed by atoms with van der Waals surface area (Å²) in [5.41, 5.74) is 3.83. The predicted octanol–water partition coefficient (Wildman–Crippen LogP) is 6.77. The normalized spacial score (nSPS) is 10.6. The van der Waals surface area contributed by atoms with Crippen LogP contribution in [0.2, 0.25) is 0 Å². The zero-order valence-electron chi connectivity index (χ0n) is 18.9. The van der Waals surface area contributed by atoms with Gasteiger partial charge in [0.25, 0.3) is 0 Å². The monoisotopic (exact) mass is 461 g/mol. The van der Waals surface area contributed by atoms with Crippen LogP contribution >= 0.6 is 0 Å². The largest absolute Gasteiger partial charge is 0.457 e. The second-order valence-electron chi connectivity index (χ2n) is 7.94. The molecule has 0 saturated heterocycles. The van der Waals surface area contributed by atoms with E-state index in [1.807, 2.05) is 84.9 Å². The topological polar surface area (TPSA) is 77.2 Å². The van der Waals surface area contributed by atoms with Crippen molar-refractivity contribution in [1.82, 2.24) is 10.1 Å². The van der Waals surface area contributed by atoms with Gasteiger partial charge in [-0.3, -0.25) is 4.79 Å². The number of para-hydroxylation sites is 1. The molecule has 5 aromatic rings. The fourth-order valence-electron chi connectivity index (χ4n) is 3.59. The van der Waals surface area contributed by atoms with E-state index in [9.17, 15) is 4.79 Å². The van der Waals surface area contributed by atoms with Gasteiger partial charge in [0.15, 0.2) is 0 Å². The van der Waals surface area contributed by atoms with Gasteiger partial charge in [-0.25, -0.2) is 0 Å². The van der Waals surface area contributed by atoms with Crippen molar-refractivity contribution >= 4 is 11.6 Å². The van der Waals surface area contributed by atoms with Crippen LogP contribution in [0.3, 0.4) is 0 Å². The number of carbonyl (C=O) groups excluding carboxylic acids is 1. The molecule has 0 spiro atoms. The van der Waals surface area contributed by atoms with Crippen molar-refractivity contribution in [1.29, 1.82) is 0 Å². The predicted molar refractivity (Wildman–Crippen MR) is 135 cm³/mol. The van der Waals surface area contributed by atoms with E-state index >= 15 is 0 Å². The van der Waals surface area contributed by atoms with E-state index in [1.165, 1.54) is 0 Å². The Labute approximate surface area is 203 Å². The van der Waals surface area contributed by atoms with Crippen LogP contribution in [-0.4, -0.2) is 16.0 Å². The van der Waals surface area contributed by atoms with Crippen LogP contribution in [0, 0.1) is 0 Å². The summed E-state index contributed by atoms with van der Waals surface area (Å²) in [6.07, 6.45) is 0.590. The maximum Gasteiger partial charge on any atom is 0.227 e. The minimum absolute atomic E-state index is 0.131. The fraction of sp³-hybridized carbons (Fsp3) is 0.0690. The molecule has 0 radical (unpaired) electrons. The number of nitrogens with zero attached hydrogens (tertiary/aromatic N) is 2. The van der Waals surface area contributed by atoms with E-state index in [-0.39, 0.29) is 12.3 Å². The summed E-state index contributed by atoms with van der Waals surface area (Å²) >= 11 is 0. The van der Waals surface area contributed by atoms with E-state index in [1.54, 1.807) is 12.1 Å². The average Bonchev–Trinajstić information content (AvgIpc) is 3.39. The minimum Gasteiger partial charge on any atom is -0.457 e. The lowest BCUT2D eigenvalue weighted by atomic mass is 10.0. The number of rotatable bonds is 8. The summed E-state index contributed by atoms with van der Waals surface area (Å²) in [6, 6.07) is 34.9. The molecule has 0 aliphatic carbocycles. The number of ether oxygens (including phenoxy) is 1. The van der Waals surface area contributed by atoms with Crippen LogP contribution in [0.4, 0.5) is 5.69 Å². The number of amides is 1. The van der Waals surface area contributed by atoms with E-state index in [0.29, 0.717) is 29.6 Å². The van der Waals surface area contributed by atoms with Crippen molar-refractivity contribution in [3.05, 3.63) is 115 Å². The van der Waals surface area contributed by atoms with Crippen molar-refractivity contribution in [3.63, 3.8) is 0 Å². The molecule has 172 valence electrons. The van der Waals surface area contributed by atoms with Crippen molar-refractivity contribution in [2.75, 3.05) is 5.32 Å². The second kappa shape index (κ2) is 10.5. The molecule has 1 amide bonds. The summed E-state index contributed by atoms with van der Waals surface area (Å²) in [4.78, 5) is 16.8. The molecule has 1 aromatic heterocycles. The second-order valence-corrected chi connectivity index (χ2v) is 7.94. The average molecular weight is 462 g/mol. The standard InChI is InChI=1S/C29H23N3O3/c33-27(30-24-15-17-26(18-16-24)34-25-9-5-2-6-10-25)19-20-28-31-29(32-35-28)23-13-11-22(12-14-23)21-7-3-1-4-8-21/h1-18H,19-20H2,(H,30,33). The minimum atomic E-state index is -0.131. The lowest BCUT2D eigenvalue weighted by Gasteiger charge is -2.07. The Bertz CT molecular complexity index is 1380. The third-order valence-electron chi connectivity index (χ3n) is 5.40. The first-order valence-electron chi connectivity index (χ1n) is 11.3. The van der Waals surface area contributed by atoms with Gasteiger partial charge in [-0.05, 0) is 47.5 Å². The zero-order chi connectivity index (χ0) is 23.9. The summed E-state index contributed by atoms with van der Waals surface area (Å²) in [5.74, 6) is 2.26. The Morgan fingerprint density at radius 2 is 1.31 bits per heavy atom. The molecule has 1 N–H and O–H groups in total. The SMILES string of the molecule is O=C(CCc1nc(-c2ccc(-c3ccccc3)cc2)no1)Nc1ccc(Oc2ccccc2)cc1. The number of nitrogens with one attached hydrogen (secondary N) is 1. The van der Waals surface area contributed by atoms with Gasteiger partial charge in [-0.15, -0.1) is 0 Å². The molecule has 0 fully saturated rings. The Kier molecular flexibility index (Phi) is 6.62. The third-order valence-corrected chi connectivity index (χ3v) is 5.40. The van der Waals surface area contributed by atoms with Crippen molar-refractivity contribution in [3.8, 4) is 34.0 Å². The van der Waals surface area contributed by atoms with Gasteiger partial charge in [0, 0.05) is 24.1 Å². The van der Waals surface area contributed by atoms with Crippen molar-refractivity contribution in [2.45, 2.75) is 12.8 Å². The molecular formula is C29H23N3O3. The third kappa shape index (κ3) is 5.81. The lowest BCUT2D eigenvalue weighted by Crippen LogP contribution is -2.12. The molecule has 6 nitrogen and oxygen atoms in total. The maximum atomic E-state index is 12.4. The van der Waals surface area contributed by atoms with E-state index in [2.05, 4.69) is 27.6 Å². The van der Waals surface area contributed by atoms with Gasteiger partial charge in [0.2, 0.25) is 17.6 Å². The quantitative estimate of drug-likeness (QED) is 0.276. The zero-order valence-corrected chi connectivity index (χ0v) is 18.9. The first kappa shape index (κ1) is 22.1. The number of anilines is 1. The number of aryl methyl sites for hydroxylation is 1. The van der Waals surface area contributed by atoms with Crippen LogP contribution in [0.5, 0.6) is 11.5 Å². The molecule has 0 aliphatic rings. The Balaban J connectivity index is 1.13.